The van der Waals surface area contributed by atoms with Crippen LogP contribution in [0.4, 0.5) is 0 Å². The van der Waals surface area contributed by atoms with E-state index in [9.17, 15) is 29.1 Å². The first kappa shape index (κ1) is 61.3. The number of nitrogens with zero attached hydrogens (tertiary/aromatic N) is 2. The van der Waals surface area contributed by atoms with E-state index in [1.807, 2.05) is 115 Å². The minimum absolute atomic E-state index is 0.0324. The molecule has 1 aliphatic heterocycles. The van der Waals surface area contributed by atoms with Gasteiger partial charge in [-0.3, -0.25) is 24.0 Å². The third-order valence-electron chi connectivity index (χ3n) is 15.3. The lowest BCUT2D eigenvalue weighted by Gasteiger charge is -2.36. The predicted octanol–water partition coefficient (Wildman–Crippen LogP) is 7.75. The first-order valence-electron chi connectivity index (χ1n) is 28.7. The number of likely N-dealkylation sites (tertiary alicyclic amines) is 1. The number of carbonyl (C=O) groups excluding carboxylic acids is 5. The molecule has 5 N–H and O–H groups in total. The standard InChI is InChI=1S/C65H82N6O10/c1-5-55(47-19-10-6-11-20-47)58(50-28-32-53(72)33-29-50)51-30-34-54(35-31-51)81-40-38-70(4)57(73)45-80-44-43-79-42-41-78-39-36-67-64(76)61(59(48-21-12-7-13-22-48)49-23-14-8-15-24-49)69-63(75)56-27-18-37-71(56)65(77)60(52-25-16-9-17-26-52)68-62(74)46(2)66-3/h6-8,10-15,19-24,28-35,46,52,56,59-61,66,72H,5,9,16-18,25-27,36-45H2,1-4H3,(H,67,76)(H,68,74)(H,69,75). The van der Waals surface area contributed by atoms with Crippen LogP contribution in [-0.4, -0.2) is 149 Å². The summed E-state index contributed by atoms with van der Waals surface area (Å²) in [5.74, 6) is -1.23. The zero-order valence-electron chi connectivity index (χ0n) is 47.5. The van der Waals surface area contributed by atoms with Crippen LogP contribution in [0.5, 0.6) is 11.5 Å². The molecule has 16 heteroatoms. The second kappa shape index (κ2) is 32.2. The van der Waals surface area contributed by atoms with Crippen LogP contribution < -0.4 is 26.0 Å². The van der Waals surface area contributed by atoms with Gasteiger partial charge in [-0.2, -0.15) is 0 Å². The van der Waals surface area contributed by atoms with E-state index in [0.29, 0.717) is 38.3 Å². The molecule has 5 aromatic carbocycles. The average molecular weight is 1110 g/mol. The van der Waals surface area contributed by atoms with Crippen LogP contribution in [0.2, 0.25) is 0 Å². The lowest BCUT2D eigenvalue weighted by Crippen LogP contribution is -2.59. The normalized spacial score (nSPS) is 16.0. The van der Waals surface area contributed by atoms with Crippen molar-refractivity contribution in [3.05, 3.63) is 167 Å². The van der Waals surface area contributed by atoms with Crippen molar-refractivity contribution < 1.29 is 48.0 Å². The van der Waals surface area contributed by atoms with E-state index in [1.165, 1.54) is 5.57 Å². The maximum Gasteiger partial charge on any atom is 0.248 e. The number of carbonyl (C=O) groups is 5. The predicted molar refractivity (Wildman–Crippen MR) is 314 cm³/mol. The maximum absolute atomic E-state index is 14.6. The van der Waals surface area contributed by atoms with Crippen LogP contribution in [0, 0.1) is 5.92 Å². The van der Waals surface area contributed by atoms with E-state index >= 15 is 0 Å². The molecule has 432 valence electrons. The number of amides is 5. The number of aromatic hydroxyl groups is 1. The van der Waals surface area contributed by atoms with Gasteiger partial charge in [-0.15, -0.1) is 0 Å². The van der Waals surface area contributed by atoms with Crippen molar-refractivity contribution in [2.24, 2.45) is 5.92 Å². The molecule has 1 aliphatic carbocycles. The van der Waals surface area contributed by atoms with Gasteiger partial charge in [0.1, 0.15) is 42.8 Å². The molecule has 16 nitrogen and oxygen atoms in total. The molecule has 5 amide bonds. The van der Waals surface area contributed by atoms with Crippen molar-refractivity contribution in [2.75, 3.05) is 80.0 Å². The number of rotatable bonds is 30. The summed E-state index contributed by atoms with van der Waals surface area (Å²) in [5.41, 5.74) is 7.10. The van der Waals surface area contributed by atoms with Gasteiger partial charge in [0.15, 0.2) is 0 Å². The minimum Gasteiger partial charge on any atom is -0.508 e. The maximum atomic E-state index is 14.6. The van der Waals surface area contributed by atoms with Gasteiger partial charge in [-0.1, -0.05) is 141 Å². The van der Waals surface area contributed by atoms with Crippen LogP contribution in [0.3, 0.4) is 0 Å². The molecule has 81 heavy (non-hydrogen) atoms. The van der Waals surface area contributed by atoms with Gasteiger partial charge >= 0.3 is 0 Å². The Morgan fingerprint density at radius 3 is 1.84 bits per heavy atom. The van der Waals surface area contributed by atoms with Gasteiger partial charge in [0, 0.05) is 26.1 Å². The summed E-state index contributed by atoms with van der Waals surface area (Å²) < 4.78 is 23.1. The molecule has 0 spiro atoms. The van der Waals surface area contributed by atoms with Crippen molar-refractivity contribution in [1.82, 2.24) is 31.1 Å². The number of hydrogen-bond donors (Lipinski definition) is 5. The summed E-state index contributed by atoms with van der Waals surface area (Å²) >= 11 is 0. The minimum atomic E-state index is -1.05. The molecule has 1 saturated heterocycles. The SMILES string of the molecule is CCC(=C(c1ccc(O)cc1)c1ccc(OCCN(C)C(=O)COCCOCCOCCNC(=O)C(NC(=O)C2CCCN2C(=O)C(NC(=O)C(C)NC)C2CCCCC2)C(c2ccccc2)c2ccccc2)cc1)c1ccccc1. The van der Waals surface area contributed by atoms with Crippen molar-refractivity contribution in [2.45, 2.75) is 95.3 Å². The summed E-state index contributed by atoms with van der Waals surface area (Å²) in [4.78, 5) is 72.7. The highest BCUT2D eigenvalue weighted by Gasteiger charge is 2.43. The number of allylic oxidation sites excluding steroid dienone is 1. The second-order valence-corrected chi connectivity index (χ2v) is 20.7. The molecule has 5 aromatic rings. The zero-order valence-corrected chi connectivity index (χ0v) is 47.5. The summed E-state index contributed by atoms with van der Waals surface area (Å²) in [5, 5.41) is 22.1. The molecular weight excluding hydrogens is 1020 g/mol. The summed E-state index contributed by atoms with van der Waals surface area (Å²) in [7, 11) is 3.41. The Bertz CT molecular complexity index is 2740. The molecule has 1 saturated carbocycles. The van der Waals surface area contributed by atoms with Crippen molar-refractivity contribution >= 4 is 40.7 Å². The van der Waals surface area contributed by atoms with Crippen molar-refractivity contribution in [1.29, 1.82) is 0 Å². The Balaban J connectivity index is 0.840. The Hall–Kier alpha value is -7.37. The van der Waals surface area contributed by atoms with E-state index in [2.05, 4.69) is 40.3 Å². The molecule has 0 bridgehead atoms. The summed E-state index contributed by atoms with van der Waals surface area (Å²) in [6.45, 7) is 6.14. The van der Waals surface area contributed by atoms with Gasteiger partial charge in [0.05, 0.1) is 45.6 Å². The first-order valence-corrected chi connectivity index (χ1v) is 28.7. The lowest BCUT2D eigenvalue weighted by atomic mass is 9.83. The van der Waals surface area contributed by atoms with Crippen molar-refractivity contribution in [3.8, 4) is 11.5 Å². The number of likely N-dealkylation sites (N-methyl/N-ethyl adjacent to an activating group) is 2. The monoisotopic (exact) mass is 1110 g/mol. The number of nitrogens with one attached hydrogen (secondary N) is 4. The Kier molecular flexibility index (Phi) is 24.3. The smallest absolute Gasteiger partial charge is 0.248 e. The summed E-state index contributed by atoms with van der Waals surface area (Å²) in [6, 6.07) is 41.5. The zero-order chi connectivity index (χ0) is 57.3. The van der Waals surface area contributed by atoms with Gasteiger partial charge in [-0.05, 0) is 115 Å². The van der Waals surface area contributed by atoms with E-state index in [4.69, 9.17) is 18.9 Å². The van der Waals surface area contributed by atoms with Crippen LogP contribution in [0.25, 0.3) is 11.1 Å². The van der Waals surface area contributed by atoms with E-state index in [1.54, 1.807) is 43.0 Å². The van der Waals surface area contributed by atoms with Crippen LogP contribution in [0.1, 0.15) is 98.9 Å². The van der Waals surface area contributed by atoms with Crippen LogP contribution >= 0.6 is 0 Å². The molecule has 2 aliphatic rings. The largest absolute Gasteiger partial charge is 0.508 e. The molecule has 1 heterocycles. The average Bonchev–Trinajstić information content (AvgIpc) is 4.06. The lowest BCUT2D eigenvalue weighted by molar-refractivity contribution is -0.143. The fourth-order valence-corrected chi connectivity index (χ4v) is 10.7. The van der Waals surface area contributed by atoms with Crippen LogP contribution in [-0.2, 0) is 38.2 Å². The molecule has 0 aromatic heterocycles. The third-order valence-corrected chi connectivity index (χ3v) is 15.3. The molecule has 4 atom stereocenters. The van der Waals surface area contributed by atoms with Gasteiger partial charge in [0.25, 0.3) is 0 Å². The number of phenols is 1. The highest BCUT2D eigenvalue weighted by Crippen LogP contribution is 2.36. The molecule has 7 rings (SSSR count). The Labute approximate surface area is 478 Å². The third kappa shape index (κ3) is 17.8. The number of benzene rings is 5. The number of phenolic OH excluding ortho intramolecular Hbond substituents is 1. The Morgan fingerprint density at radius 2 is 1.23 bits per heavy atom. The molecule has 0 radical (unpaired) electrons. The quantitative estimate of drug-likeness (QED) is 0.0223. The van der Waals surface area contributed by atoms with Gasteiger partial charge < -0.3 is 55.1 Å². The van der Waals surface area contributed by atoms with Gasteiger partial charge in [0.2, 0.25) is 29.5 Å². The summed E-state index contributed by atoms with van der Waals surface area (Å²) in [6.07, 6.45) is 6.53. The number of hydrogen-bond acceptors (Lipinski definition) is 11. The van der Waals surface area contributed by atoms with E-state index < -0.39 is 41.9 Å². The number of ether oxygens (including phenoxy) is 4. The molecular formula is C65H82N6O10. The molecule has 4 unspecified atom stereocenters. The second-order valence-electron chi connectivity index (χ2n) is 20.7. The van der Waals surface area contributed by atoms with Gasteiger partial charge in [-0.25, -0.2) is 0 Å². The van der Waals surface area contributed by atoms with E-state index in [-0.39, 0.29) is 75.6 Å². The fraction of sp³-hybridized carbons (Fsp3) is 0.431. The Morgan fingerprint density at radius 1 is 0.654 bits per heavy atom. The first-order chi connectivity index (χ1) is 39.5. The van der Waals surface area contributed by atoms with Crippen LogP contribution in [0.15, 0.2) is 140 Å². The topological polar surface area (TPSA) is 197 Å². The highest BCUT2D eigenvalue weighted by molar-refractivity contribution is 5.99. The fourth-order valence-electron chi connectivity index (χ4n) is 10.7. The van der Waals surface area contributed by atoms with Crippen molar-refractivity contribution in [3.63, 3.8) is 0 Å². The molecule has 2 fully saturated rings. The van der Waals surface area contributed by atoms with E-state index in [0.717, 1.165) is 71.9 Å². The highest BCUT2D eigenvalue weighted by atomic mass is 16.5.